The number of thioether (sulfide) groups is 1. The zero-order chi connectivity index (χ0) is 16.4. The molecule has 0 bridgehead atoms. The lowest BCUT2D eigenvalue weighted by Crippen LogP contribution is -2.15. The van der Waals surface area contributed by atoms with E-state index in [1.807, 2.05) is 36.0 Å². The number of para-hydroxylation sites is 1. The van der Waals surface area contributed by atoms with Crippen molar-refractivity contribution in [1.29, 1.82) is 0 Å². The standard InChI is InChI=1S/C16H15N3O3S/c1-10(20)15-14(11-5-3-4-6-12(11)22-15)18-13(21)9-23-16-17-7-8-19(16)2/h3-8H,9H2,1-2H3,(H,18,21). The topological polar surface area (TPSA) is 77.1 Å². The van der Waals surface area contributed by atoms with E-state index in [4.69, 9.17) is 4.42 Å². The molecule has 2 aromatic heterocycles. The van der Waals surface area contributed by atoms with Gasteiger partial charge >= 0.3 is 0 Å². The molecule has 118 valence electrons. The summed E-state index contributed by atoms with van der Waals surface area (Å²) < 4.78 is 7.38. The summed E-state index contributed by atoms with van der Waals surface area (Å²) in [4.78, 5) is 28.1. The number of nitrogens with one attached hydrogen (secondary N) is 1. The first-order valence-electron chi connectivity index (χ1n) is 6.98. The Bertz CT molecular complexity index is 882. The molecule has 0 radical (unpaired) electrons. The van der Waals surface area contributed by atoms with Crippen LogP contribution in [0.4, 0.5) is 5.69 Å². The lowest BCUT2D eigenvalue weighted by molar-refractivity contribution is -0.113. The number of Topliss-reactive ketones (excluding diaryl/α,β-unsaturated/α-hetero) is 1. The van der Waals surface area contributed by atoms with Crippen LogP contribution < -0.4 is 5.32 Å². The average Bonchev–Trinajstić information content (AvgIpc) is 3.09. The molecule has 23 heavy (non-hydrogen) atoms. The summed E-state index contributed by atoms with van der Waals surface area (Å²) in [5.74, 6) is -0.0799. The predicted molar refractivity (Wildman–Crippen MR) is 88.8 cm³/mol. The number of aromatic nitrogens is 2. The van der Waals surface area contributed by atoms with Crippen LogP contribution in [0, 0.1) is 0 Å². The summed E-state index contributed by atoms with van der Waals surface area (Å²) >= 11 is 1.33. The number of imidazole rings is 1. The second kappa shape index (κ2) is 6.29. The Hall–Kier alpha value is -2.54. The number of carbonyl (C=O) groups excluding carboxylic acids is 2. The van der Waals surface area contributed by atoms with E-state index in [2.05, 4.69) is 10.3 Å². The third-order valence-electron chi connectivity index (χ3n) is 3.29. The van der Waals surface area contributed by atoms with Gasteiger partial charge in [0.2, 0.25) is 5.91 Å². The van der Waals surface area contributed by atoms with Gasteiger partial charge in [-0.3, -0.25) is 9.59 Å². The zero-order valence-electron chi connectivity index (χ0n) is 12.7. The van der Waals surface area contributed by atoms with E-state index in [9.17, 15) is 9.59 Å². The van der Waals surface area contributed by atoms with Crippen LogP contribution in [0.5, 0.6) is 0 Å². The van der Waals surface area contributed by atoms with E-state index in [1.54, 1.807) is 12.3 Å². The smallest absolute Gasteiger partial charge is 0.234 e. The van der Waals surface area contributed by atoms with Crippen molar-refractivity contribution in [1.82, 2.24) is 9.55 Å². The molecular formula is C16H15N3O3S. The Labute approximate surface area is 136 Å². The number of ketones is 1. The lowest BCUT2D eigenvalue weighted by Gasteiger charge is -2.05. The quantitative estimate of drug-likeness (QED) is 0.575. The third-order valence-corrected chi connectivity index (χ3v) is 4.35. The maximum atomic E-state index is 12.2. The summed E-state index contributed by atoms with van der Waals surface area (Å²) in [5.41, 5.74) is 1.00. The largest absolute Gasteiger partial charge is 0.451 e. The molecule has 1 amide bonds. The summed E-state index contributed by atoms with van der Waals surface area (Å²) in [5, 5.41) is 4.25. The number of amides is 1. The molecule has 2 heterocycles. The molecule has 7 heteroatoms. The molecule has 6 nitrogen and oxygen atoms in total. The van der Waals surface area contributed by atoms with Crippen LogP contribution in [-0.2, 0) is 11.8 Å². The Morgan fingerprint density at radius 2 is 2.13 bits per heavy atom. The summed E-state index contributed by atoms with van der Waals surface area (Å²) in [6.07, 6.45) is 3.50. The number of aryl methyl sites for hydroxylation is 1. The summed E-state index contributed by atoms with van der Waals surface area (Å²) in [6, 6.07) is 7.23. The molecule has 3 aromatic rings. The van der Waals surface area contributed by atoms with E-state index >= 15 is 0 Å². The average molecular weight is 329 g/mol. The number of nitrogens with zero attached hydrogens (tertiary/aromatic N) is 2. The summed E-state index contributed by atoms with van der Waals surface area (Å²) in [6.45, 7) is 1.41. The number of anilines is 1. The minimum Gasteiger partial charge on any atom is -0.451 e. The lowest BCUT2D eigenvalue weighted by atomic mass is 10.2. The van der Waals surface area contributed by atoms with Crippen molar-refractivity contribution in [3.63, 3.8) is 0 Å². The number of benzene rings is 1. The molecule has 0 atom stereocenters. The molecule has 0 saturated heterocycles. The fourth-order valence-corrected chi connectivity index (χ4v) is 2.95. The number of fused-ring (bicyclic) bond motifs is 1. The van der Waals surface area contributed by atoms with Gasteiger partial charge in [-0.2, -0.15) is 0 Å². The highest BCUT2D eigenvalue weighted by molar-refractivity contribution is 7.99. The van der Waals surface area contributed by atoms with Crippen LogP contribution >= 0.6 is 11.8 Å². The highest BCUT2D eigenvalue weighted by Gasteiger charge is 2.19. The van der Waals surface area contributed by atoms with Crippen molar-refractivity contribution in [2.45, 2.75) is 12.1 Å². The maximum absolute atomic E-state index is 12.2. The molecule has 3 rings (SSSR count). The first-order valence-corrected chi connectivity index (χ1v) is 7.97. The number of rotatable bonds is 5. The van der Waals surface area contributed by atoms with Crippen molar-refractivity contribution in [2.24, 2.45) is 7.05 Å². The van der Waals surface area contributed by atoms with Gasteiger partial charge in [-0.25, -0.2) is 4.98 Å². The van der Waals surface area contributed by atoms with Crippen molar-refractivity contribution >= 4 is 40.1 Å². The molecule has 0 aliphatic carbocycles. The van der Waals surface area contributed by atoms with Gasteiger partial charge in [0.05, 0.1) is 11.4 Å². The van der Waals surface area contributed by atoms with Gasteiger partial charge in [-0.05, 0) is 12.1 Å². The number of carbonyl (C=O) groups is 2. The highest BCUT2D eigenvalue weighted by Crippen LogP contribution is 2.31. The monoisotopic (exact) mass is 329 g/mol. The minimum atomic E-state index is -0.228. The Morgan fingerprint density at radius 3 is 2.83 bits per heavy atom. The molecule has 0 aliphatic rings. The van der Waals surface area contributed by atoms with Gasteiger partial charge in [0.15, 0.2) is 16.7 Å². The van der Waals surface area contributed by atoms with Gasteiger partial charge < -0.3 is 14.3 Å². The number of hydrogen-bond acceptors (Lipinski definition) is 5. The van der Waals surface area contributed by atoms with E-state index in [0.717, 1.165) is 5.16 Å². The van der Waals surface area contributed by atoms with Gasteiger partial charge in [0.1, 0.15) is 5.58 Å². The maximum Gasteiger partial charge on any atom is 0.234 e. The Balaban J connectivity index is 1.80. The molecule has 1 aromatic carbocycles. The van der Waals surface area contributed by atoms with Crippen LogP contribution in [0.1, 0.15) is 17.5 Å². The Morgan fingerprint density at radius 1 is 1.35 bits per heavy atom. The van der Waals surface area contributed by atoms with E-state index in [0.29, 0.717) is 16.7 Å². The predicted octanol–water partition coefficient (Wildman–Crippen LogP) is 3.10. The second-order valence-electron chi connectivity index (χ2n) is 5.02. The SMILES string of the molecule is CC(=O)c1oc2ccccc2c1NC(=O)CSc1nccn1C. The van der Waals surface area contributed by atoms with Crippen LogP contribution in [0.25, 0.3) is 11.0 Å². The second-order valence-corrected chi connectivity index (χ2v) is 5.96. The van der Waals surface area contributed by atoms with Gasteiger partial charge in [0.25, 0.3) is 0 Å². The van der Waals surface area contributed by atoms with Crippen LogP contribution in [0.3, 0.4) is 0 Å². The van der Waals surface area contributed by atoms with Gasteiger partial charge in [-0.1, -0.05) is 23.9 Å². The number of hydrogen-bond donors (Lipinski definition) is 1. The van der Waals surface area contributed by atoms with Crippen molar-refractivity contribution in [2.75, 3.05) is 11.1 Å². The molecule has 0 saturated carbocycles. The van der Waals surface area contributed by atoms with E-state index in [1.165, 1.54) is 18.7 Å². The van der Waals surface area contributed by atoms with Crippen LogP contribution in [0.15, 0.2) is 46.2 Å². The fourth-order valence-electron chi connectivity index (χ4n) is 2.21. The van der Waals surface area contributed by atoms with Crippen molar-refractivity contribution < 1.29 is 14.0 Å². The molecule has 0 fully saturated rings. The summed E-state index contributed by atoms with van der Waals surface area (Å²) in [7, 11) is 1.87. The van der Waals surface area contributed by atoms with Gasteiger partial charge in [0, 0.05) is 31.8 Å². The molecule has 0 unspecified atom stereocenters. The normalized spacial score (nSPS) is 10.9. The highest BCUT2D eigenvalue weighted by atomic mass is 32.2. The molecule has 0 aliphatic heterocycles. The molecular weight excluding hydrogens is 314 g/mol. The molecule has 0 spiro atoms. The first kappa shape index (κ1) is 15.4. The molecule has 1 N–H and O–H groups in total. The first-order chi connectivity index (χ1) is 11.1. The number of furan rings is 1. The minimum absolute atomic E-state index is 0.168. The fraction of sp³-hybridized carbons (Fsp3) is 0.188. The third kappa shape index (κ3) is 3.14. The van der Waals surface area contributed by atoms with Crippen LogP contribution in [-0.4, -0.2) is 27.0 Å². The van der Waals surface area contributed by atoms with Crippen molar-refractivity contribution in [3.05, 3.63) is 42.4 Å². The van der Waals surface area contributed by atoms with Crippen LogP contribution in [0.2, 0.25) is 0 Å². The van der Waals surface area contributed by atoms with Gasteiger partial charge in [-0.15, -0.1) is 0 Å². The Kier molecular flexibility index (Phi) is 4.20. The zero-order valence-corrected chi connectivity index (χ0v) is 13.5. The van der Waals surface area contributed by atoms with E-state index < -0.39 is 0 Å². The van der Waals surface area contributed by atoms with E-state index in [-0.39, 0.29) is 23.2 Å². The van der Waals surface area contributed by atoms with Crippen molar-refractivity contribution in [3.8, 4) is 0 Å².